The Morgan fingerprint density at radius 2 is 0.732 bits per heavy atom. The number of rotatable bonds is 4. The molecular weight excluding hydrogens is 681 g/mol. The lowest BCUT2D eigenvalue weighted by Gasteiger charge is -2.19. The first-order chi connectivity index (χ1) is 27.8. The van der Waals surface area contributed by atoms with Crippen LogP contribution in [-0.4, -0.2) is 0 Å². The number of fused-ring (bicyclic) bond motifs is 9. The van der Waals surface area contributed by atoms with Crippen LogP contribution < -0.4 is 0 Å². The van der Waals surface area contributed by atoms with E-state index in [0.717, 1.165) is 71.7 Å². The number of hydrogen-bond acceptors (Lipinski definition) is 2. The Hall–Kier alpha value is -7.42. The largest absolute Gasteiger partial charge is 0.456 e. The molecule has 2 nitrogen and oxygen atoms in total. The highest BCUT2D eigenvalue weighted by atomic mass is 16.3. The van der Waals surface area contributed by atoms with E-state index in [2.05, 4.69) is 182 Å². The van der Waals surface area contributed by atoms with E-state index in [4.69, 9.17) is 8.83 Å². The maximum Gasteiger partial charge on any atom is 0.143 e. The molecule has 0 amide bonds. The lowest BCUT2D eigenvalue weighted by Crippen LogP contribution is -1.92. The van der Waals surface area contributed by atoms with Crippen molar-refractivity contribution in [2.24, 2.45) is 0 Å². The predicted octanol–water partition coefficient (Wildman–Crippen LogP) is 15.6. The maximum atomic E-state index is 6.91. The molecule has 0 bridgehead atoms. The fraction of sp³-hybridized carbons (Fsp3) is 0. The van der Waals surface area contributed by atoms with Gasteiger partial charge in [-0.15, -0.1) is 0 Å². The van der Waals surface area contributed by atoms with Crippen LogP contribution in [0.3, 0.4) is 0 Å². The highest BCUT2D eigenvalue weighted by Gasteiger charge is 2.23. The Kier molecular flexibility index (Phi) is 6.66. The first kappa shape index (κ1) is 31.0. The van der Waals surface area contributed by atoms with Crippen molar-refractivity contribution in [3.8, 4) is 44.5 Å². The van der Waals surface area contributed by atoms with E-state index in [9.17, 15) is 0 Å². The molecule has 0 saturated carbocycles. The topological polar surface area (TPSA) is 26.3 Å². The zero-order chi connectivity index (χ0) is 36.7. The minimum absolute atomic E-state index is 0.878. The Labute approximate surface area is 322 Å². The molecule has 0 aliphatic heterocycles. The molecule has 0 saturated heterocycles. The normalized spacial score (nSPS) is 11.9. The molecule has 0 unspecified atom stereocenters. The molecule has 56 heavy (non-hydrogen) atoms. The minimum atomic E-state index is 0.878. The van der Waals surface area contributed by atoms with E-state index in [1.807, 2.05) is 12.1 Å². The molecule has 0 aliphatic rings. The van der Waals surface area contributed by atoms with Crippen LogP contribution >= 0.6 is 0 Å². The quantitative estimate of drug-likeness (QED) is 0.170. The molecule has 0 spiro atoms. The second-order valence-electron chi connectivity index (χ2n) is 14.7. The molecule has 260 valence electrons. The van der Waals surface area contributed by atoms with Crippen molar-refractivity contribution in [1.82, 2.24) is 0 Å². The van der Waals surface area contributed by atoms with Gasteiger partial charge in [0, 0.05) is 27.1 Å². The average molecular weight is 713 g/mol. The highest BCUT2D eigenvalue weighted by Crippen LogP contribution is 2.49. The monoisotopic (exact) mass is 712 g/mol. The standard InChI is InChI=1S/C54H32O2/c1-2-18-36-33(14-1)15-12-26-39(36)50-40-19-3-5-21-42(40)51(43-22-6-4-20-41(43)50)46-31-30-38(54-53(46)45-24-8-10-28-48(45)56-54)35-17-11-16-34(32-35)37-25-13-29-49-52(37)44-23-7-9-27-47(44)55-49/h1-32H. The van der Waals surface area contributed by atoms with Gasteiger partial charge in [-0.3, -0.25) is 0 Å². The van der Waals surface area contributed by atoms with Crippen molar-refractivity contribution in [2.45, 2.75) is 0 Å². The molecule has 2 heterocycles. The van der Waals surface area contributed by atoms with Gasteiger partial charge in [0.25, 0.3) is 0 Å². The van der Waals surface area contributed by atoms with Gasteiger partial charge in [-0.05, 0) is 102 Å². The van der Waals surface area contributed by atoms with E-state index in [1.54, 1.807) is 0 Å². The zero-order valence-electron chi connectivity index (χ0n) is 30.3. The third-order valence-corrected chi connectivity index (χ3v) is 11.7. The van der Waals surface area contributed by atoms with Crippen molar-refractivity contribution in [2.75, 3.05) is 0 Å². The molecule has 0 fully saturated rings. The number of benzene rings is 10. The van der Waals surface area contributed by atoms with Crippen molar-refractivity contribution in [1.29, 1.82) is 0 Å². The first-order valence-corrected chi connectivity index (χ1v) is 19.2. The molecule has 0 aliphatic carbocycles. The highest BCUT2D eigenvalue weighted by molar-refractivity contribution is 6.28. The molecular formula is C54H32O2. The lowest BCUT2D eigenvalue weighted by atomic mass is 9.83. The summed E-state index contributed by atoms with van der Waals surface area (Å²) in [5.41, 5.74) is 12.9. The van der Waals surface area contributed by atoms with Crippen LogP contribution in [0, 0.1) is 0 Å². The Balaban J connectivity index is 1.13. The van der Waals surface area contributed by atoms with Crippen LogP contribution in [-0.2, 0) is 0 Å². The van der Waals surface area contributed by atoms with Gasteiger partial charge in [0.1, 0.15) is 22.3 Å². The SMILES string of the molecule is c1cc(-c2ccc(-c3c4ccccc4c(-c4cccc5ccccc45)c4ccccc34)c3c2oc2ccccc23)cc(-c2cccc3oc4ccccc4c23)c1. The second-order valence-corrected chi connectivity index (χ2v) is 14.7. The third-order valence-electron chi connectivity index (χ3n) is 11.7. The summed E-state index contributed by atoms with van der Waals surface area (Å²) in [6.45, 7) is 0. The molecule has 10 aromatic carbocycles. The van der Waals surface area contributed by atoms with Crippen LogP contribution in [0.5, 0.6) is 0 Å². The summed E-state index contributed by atoms with van der Waals surface area (Å²) in [5, 5.41) is 11.9. The summed E-state index contributed by atoms with van der Waals surface area (Å²) in [6.07, 6.45) is 0. The summed E-state index contributed by atoms with van der Waals surface area (Å²) >= 11 is 0. The van der Waals surface area contributed by atoms with Gasteiger partial charge in [0.05, 0.1) is 0 Å². The molecule has 2 aromatic heterocycles. The van der Waals surface area contributed by atoms with Crippen molar-refractivity contribution >= 4 is 76.2 Å². The van der Waals surface area contributed by atoms with Gasteiger partial charge in [-0.1, -0.05) is 164 Å². The molecule has 2 heteroatoms. The van der Waals surface area contributed by atoms with Gasteiger partial charge in [0.15, 0.2) is 0 Å². The molecule has 12 rings (SSSR count). The van der Waals surface area contributed by atoms with Gasteiger partial charge < -0.3 is 8.83 Å². The smallest absolute Gasteiger partial charge is 0.143 e. The van der Waals surface area contributed by atoms with Crippen molar-refractivity contribution in [3.05, 3.63) is 194 Å². The molecule has 12 aromatic rings. The molecule has 0 N–H and O–H groups in total. The summed E-state index contributed by atoms with van der Waals surface area (Å²) in [5.74, 6) is 0. The third kappa shape index (κ3) is 4.50. The van der Waals surface area contributed by atoms with Crippen molar-refractivity contribution in [3.63, 3.8) is 0 Å². The van der Waals surface area contributed by atoms with Crippen LogP contribution in [0.2, 0.25) is 0 Å². The fourth-order valence-electron chi connectivity index (χ4n) is 9.29. The molecule has 0 atom stereocenters. The fourth-order valence-corrected chi connectivity index (χ4v) is 9.29. The maximum absolute atomic E-state index is 6.91. The first-order valence-electron chi connectivity index (χ1n) is 19.2. The lowest BCUT2D eigenvalue weighted by molar-refractivity contribution is 0.669. The van der Waals surface area contributed by atoms with Crippen LogP contribution in [0.15, 0.2) is 203 Å². The summed E-state index contributed by atoms with van der Waals surface area (Å²) in [6, 6.07) is 69.7. The van der Waals surface area contributed by atoms with E-state index in [0.29, 0.717) is 0 Å². The molecule has 0 radical (unpaired) electrons. The van der Waals surface area contributed by atoms with Gasteiger partial charge >= 0.3 is 0 Å². The summed E-state index contributed by atoms with van der Waals surface area (Å²) < 4.78 is 13.2. The van der Waals surface area contributed by atoms with Gasteiger partial charge in [-0.25, -0.2) is 0 Å². The summed E-state index contributed by atoms with van der Waals surface area (Å²) in [4.78, 5) is 0. The summed E-state index contributed by atoms with van der Waals surface area (Å²) in [7, 11) is 0. The Morgan fingerprint density at radius 1 is 0.268 bits per heavy atom. The van der Waals surface area contributed by atoms with Crippen LogP contribution in [0.1, 0.15) is 0 Å². The number of para-hydroxylation sites is 2. The van der Waals surface area contributed by atoms with Crippen LogP contribution in [0.4, 0.5) is 0 Å². The van der Waals surface area contributed by atoms with E-state index >= 15 is 0 Å². The average Bonchev–Trinajstić information content (AvgIpc) is 3.85. The van der Waals surface area contributed by atoms with Crippen LogP contribution in [0.25, 0.3) is 121 Å². The van der Waals surface area contributed by atoms with E-state index in [-0.39, 0.29) is 0 Å². The van der Waals surface area contributed by atoms with Gasteiger partial charge in [-0.2, -0.15) is 0 Å². The van der Waals surface area contributed by atoms with Gasteiger partial charge in [0.2, 0.25) is 0 Å². The zero-order valence-corrected chi connectivity index (χ0v) is 30.3. The number of hydrogen-bond donors (Lipinski definition) is 0. The number of furan rings is 2. The van der Waals surface area contributed by atoms with E-state index in [1.165, 1.54) is 49.0 Å². The Morgan fingerprint density at radius 3 is 1.45 bits per heavy atom. The second kappa shape index (κ2) is 12.0. The Bertz CT molecular complexity index is 3480. The minimum Gasteiger partial charge on any atom is -0.456 e. The van der Waals surface area contributed by atoms with E-state index < -0.39 is 0 Å². The van der Waals surface area contributed by atoms with Crippen molar-refractivity contribution < 1.29 is 8.83 Å². The predicted molar refractivity (Wildman–Crippen MR) is 235 cm³/mol.